The van der Waals surface area contributed by atoms with Gasteiger partial charge in [-0.25, -0.2) is 9.59 Å². The van der Waals surface area contributed by atoms with E-state index in [1.807, 2.05) is 25.1 Å². The van der Waals surface area contributed by atoms with Crippen molar-refractivity contribution in [1.29, 1.82) is 0 Å². The van der Waals surface area contributed by atoms with Crippen LogP contribution in [0.4, 0.5) is 0 Å². The number of carbonyl (C=O) groups excluding carboxylic acids is 1. The molecule has 1 atom stereocenters. The maximum absolute atomic E-state index is 12.1. The van der Waals surface area contributed by atoms with Gasteiger partial charge in [-0.05, 0) is 36.9 Å². The van der Waals surface area contributed by atoms with Crippen molar-refractivity contribution in [3.8, 4) is 5.75 Å². The molecule has 0 N–H and O–H groups in total. The molecule has 0 aliphatic heterocycles. The summed E-state index contributed by atoms with van der Waals surface area (Å²) in [5, 5.41) is 2.19. The molecule has 0 aliphatic rings. The molecule has 2 aromatic carbocycles. The largest absolute Gasteiger partial charge is 0.479 e. The molecule has 0 unspecified atom stereocenters. The summed E-state index contributed by atoms with van der Waals surface area (Å²) in [6.07, 6.45) is -0.201. The molecule has 3 aromatic rings. The standard InChI is InChI=1S/C19H18O5/c1-3-16(19(21)22-4-2)23-12-9-10-14-13-7-5-6-8-15(13)18(20)24-17(14)11-12/h5-11,16H,3-4H2,1-2H3/t16-/m1/s1. The molecule has 1 aromatic heterocycles. The normalized spacial score (nSPS) is 12.2. The first-order valence-corrected chi connectivity index (χ1v) is 7.93. The average Bonchev–Trinajstić information content (AvgIpc) is 2.60. The van der Waals surface area contributed by atoms with Crippen LogP contribution in [0, 0.1) is 0 Å². The number of hydrogen-bond acceptors (Lipinski definition) is 5. The van der Waals surface area contributed by atoms with E-state index in [2.05, 4.69) is 0 Å². The van der Waals surface area contributed by atoms with Gasteiger partial charge in [0.15, 0.2) is 6.10 Å². The molecule has 1 heterocycles. The number of esters is 1. The Morgan fingerprint density at radius 1 is 1.08 bits per heavy atom. The molecule has 0 saturated heterocycles. The van der Waals surface area contributed by atoms with Crippen molar-refractivity contribution >= 4 is 27.7 Å². The molecule has 0 bridgehead atoms. The Hall–Kier alpha value is -2.82. The van der Waals surface area contributed by atoms with Gasteiger partial charge in [0, 0.05) is 11.5 Å². The van der Waals surface area contributed by atoms with E-state index in [1.165, 1.54) is 0 Å². The Morgan fingerprint density at radius 3 is 2.54 bits per heavy atom. The van der Waals surface area contributed by atoms with E-state index in [4.69, 9.17) is 13.9 Å². The van der Waals surface area contributed by atoms with Gasteiger partial charge in [-0.3, -0.25) is 0 Å². The Kier molecular flexibility index (Phi) is 4.51. The maximum atomic E-state index is 12.1. The van der Waals surface area contributed by atoms with Crippen molar-refractivity contribution in [2.75, 3.05) is 6.61 Å². The summed E-state index contributed by atoms with van der Waals surface area (Å²) < 4.78 is 16.1. The monoisotopic (exact) mass is 326 g/mol. The third kappa shape index (κ3) is 2.97. The van der Waals surface area contributed by atoms with Crippen LogP contribution in [0.2, 0.25) is 0 Å². The van der Waals surface area contributed by atoms with Gasteiger partial charge in [0.05, 0.1) is 12.0 Å². The fraction of sp³-hybridized carbons (Fsp3) is 0.263. The second-order valence-electron chi connectivity index (χ2n) is 5.36. The number of carbonyl (C=O) groups is 1. The highest BCUT2D eigenvalue weighted by atomic mass is 16.6. The van der Waals surface area contributed by atoms with Crippen LogP contribution in [-0.4, -0.2) is 18.7 Å². The van der Waals surface area contributed by atoms with Gasteiger partial charge >= 0.3 is 11.6 Å². The van der Waals surface area contributed by atoms with Crippen molar-refractivity contribution < 1.29 is 18.7 Å². The van der Waals surface area contributed by atoms with Crippen LogP contribution in [-0.2, 0) is 9.53 Å². The van der Waals surface area contributed by atoms with Crippen LogP contribution in [0.15, 0.2) is 51.7 Å². The lowest BCUT2D eigenvalue weighted by molar-refractivity contribution is -0.151. The Bertz CT molecular complexity index is 941. The zero-order valence-electron chi connectivity index (χ0n) is 13.6. The van der Waals surface area contributed by atoms with Crippen LogP contribution < -0.4 is 10.4 Å². The molecule has 0 saturated carbocycles. The summed E-state index contributed by atoms with van der Waals surface area (Å²) in [5.41, 5.74) is 0.0302. The van der Waals surface area contributed by atoms with Crippen LogP contribution in [0.25, 0.3) is 21.7 Å². The van der Waals surface area contributed by atoms with Crippen LogP contribution in [0.5, 0.6) is 5.75 Å². The predicted octanol–water partition coefficient (Wildman–Crippen LogP) is 3.67. The summed E-state index contributed by atoms with van der Waals surface area (Å²) in [5.74, 6) is 0.0564. The molecule has 0 radical (unpaired) electrons. The van der Waals surface area contributed by atoms with E-state index in [-0.39, 0.29) is 0 Å². The summed E-state index contributed by atoms with van der Waals surface area (Å²) >= 11 is 0. The summed E-state index contributed by atoms with van der Waals surface area (Å²) in [4.78, 5) is 23.9. The summed E-state index contributed by atoms with van der Waals surface area (Å²) in [7, 11) is 0. The molecular weight excluding hydrogens is 308 g/mol. The minimum atomic E-state index is -0.686. The molecular formula is C19H18O5. The van der Waals surface area contributed by atoms with Crippen molar-refractivity contribution in [3.05, 3.63) is 52.9 Å². The van der Waals surface area contributed by atoms with Gasteiger partial charge in [0.2, 0.25) is 0 Å². The van der Waals surface area contributed by atoms with Gasteiger partial charge in [-0.1, -0.05) is 25.1 Å². The molecule has 24 heavy (non-hydrogen) atoms. The van der Waals surface area contributed by atoms with Crippen molar-refractivity contribution in [2.45, 2.75) is 26.4 Å². The first-order chi connectivity index (χ1) is 11.6. The average molecular weight is 326 g/mol. The van der Waals surface area contributed by atoms with Gasteiger partial charge in [0.25, 0.3) is 0 Å². The molecule has 5 nitrogen and oxygen atoms in total. The fourth-order valence-corrected chi connectivity index (χ4v) is 2.63. The van der Waals surface area contributed by atoms with Gasteiger partial charge < -0.3 is 13.9 Å². The Balaban J connectivity index is 2.01. The number of fused-ring (bicyclic) bond motifs is 3. The lowest BCUT2D eigenvalue weighted by Gasteiger charge is -2.16. The van der Waals surface area contributed by atoms with E-state index in [0.717, 1.165) is 10.8 Å². The van der Waals surface area contributed by atoms with Crippen molar-refractivity contribution in [1.82, 2.24) is 0 Å². The van der Waals surface area contributed by atoms with Crippen LogP contribution in [0.3, 0.4) is 0 Å². The smallest absolute Gasteiger partial charge is 0.347 e. The topological polar surface area (TPSA) is 65.7 Å². The number of ether oxygens (including phenoxy) is 2. The van der Waals surface area contributed by atoms with E-state index in [9.17, 15) is 9.59 Å². The van der Waals surface area contributed by atoms with Gasteiger partial charge in [-0.2, -0.15) is 0 Å². The number of benzene rings is 2. The van der Waals surface area contributed by atoms with Crippen molar-refractivity contribution in [3.63, 3.8) is 0 Å². The minimum absolute atomic E-state index is 0.303. The maximum Gasteiger partial charge on any atom is 0.347 e. The quantitative estimate of drug-likeness (QED) is 0.407. The van der Waals surface area contributed by atoms with Gasteiger partial charge in [-0.15, -0.1) is 0 Å². The Morgan fingerprint density at radius 2 is 1.83 bits per heavy atom. The molecule has 0 aliphatic carbocycles. The van der Waals surface area contributed by atoms with E-state index < -0.39 is 17.7 Å². The second kappa shape index (κ2) is 6.74. The molecule has 124 valence electrons. The molecule has 0 amide bonds. The number of rotatable bonds is 5. The predicted molar refractivity (Wildman–Crippen MR) is 91.3 cm³/mol. The molecule has 0 spiro atoms. The van der Waals surface area contributed by atoms with Crippen molar-refractivity contribution in [2.24, 2.45) is 0 Å². The van der Waals surface area contributed by atoms with E-state index in [1.54, 1.807) is 31.2 Å². The third-order valence-corrected chi connectivity index (χ3v) is 3.79. The van der Waals surface area contributed by atoms with E-state index in [0.29, 0.717) is 29.7 Å². The summed E-state index contributed by atoms with van der Waals surface area (Å²) in [6.45, 7) is 3.90. The highest BCUT2D eigenvalue weighted by Crippen LogP contribution is 2.27. The molecule has 3 rings (SSSR count). The van der Waals surface area contributed by atoms with Crippen LogP contribution in [0.1, 0.15) is 20.3 Å². The zero-order chi connectivity index (χ0) is 17.1. The lowest BCUT2D eigenvalue weighted by atomic mass is 10.1. The lowest BCUT2D eigenvalue weighted by Crippen LogP contribution is -2.28. The highest BCUT2D eigenvalue weighted by molar-refractivity contribution is 6.04. The fourth-order valence-electron chi connectivity index (χ4n) is 2.63. The zero-order valence-corrected chi connectivity index (χ0v) is 13.6. The van der Waals surface area contributed by atoms with Gasteiger partial charge in [0.1, 0.15) is 11.3 Å². The summed E-state index contributed by atoms with van der Waals surface area (Å²) in [6, 6.07) is 12.5. The SMILES string of the molecule is CCOC(=O)[C@@H](CC)Oc1ccc2c(c1)oc(=O)c1ccccc12. The molecule has 5 heteroatoms. The first kappa shape index (κ1) is 16.1. The Labute approximate surface area is 138 Å². The first-order valence-electron chi connectivity index (χ1n) is 7.93. The highest BCUT2D eigenvalue weighted by Gasteiger charge is 2.20. The van der Waals surface area contributed by atoms with E-state index >= 15 is 0 Å². The third-order valence-electron chi connectivity index (χ3n) is 3.79. The second-order valence-corrected chi connectivity index (χ2v) is 5.36. The molecule has 0 fully saturated rings. The van der Waals surface area contributed by atoms with Crippen LogP contribution >= 0.6 is 0 Å². The number of hydrogen-bond donors (Lipinski definition) is 0. The minimum Gasteiger partial charge on any atom is -0.479 e.